The van der Waals surface area contributed by atoms with E-state index in [1.54, 1.807) is 0 Å². The van der Waals surface area contributed by atoms with Crippen LogP contribution in [0.4, 0.5) is 0 Å². The van der Waals surface area contributed by atoms with Crippen LogP contribution in [0.25, 0.3) is 0 Å². The van der Waals surface area contributed by atoms with E-state index < -0.39 is 0 Å². The molecular formula is C9H18LiN. The molecule has 1 nitrogen and oxygen atoms in total. The van der Waals surface area contributed by atoms with Gasteiger partial charge in [0.1, 0.15) is 0 Å². The Bertz CT molecular complexity index is 117. The van der Waals surface area contributed by atoms with E-state index in [4.69, 9.17) is 0 Å². The Labute approximate surface area is 79.5 Å². The van der Waals surface area contributed by atoms with E-state index in [1.807, 2.05) is 0 Å². The van der Waals surface area contributed by atoms with Gasteiger partial charge in [-0.25, -0.2) is 0 Å². The van der Waals surface area contributed by atoms with Gasteiger partial charge in [0, 0.05) is 0 Å². The zero-order chi connectivity index (χ0) is 8.32. The first-order chi connectivity index (χ1) is 5.12. The summed E-state index contributed by atoms with van der Waals surface area (Å²) in [6, 6.07) is 0.637. The van der Waals surface area contributed by atoms with Crippen molar-refractivity contribution in [1.82, 2.24) is 5.32 Å². The Morgan fingerprint density at radius 1 is 1.18 bits per heavy atom. The zero-order valence-corrected chi connectivity index (χ0v) is 8.11. The van der Waals surface area contributed by atoms with Gasteiger partial charge in [0.05, 0.1) is 0 Å². The first-order valence-electron chi connectivity index (χ1n) is 4.90. The summed E-state index contributed by atoms with van der Waals surface area (Å²) >= 11 is 2.37. The normalized spacial score (nSPS) is 24.1. The van der Waals surface area contributed by atoms with Crippen molar-refractivity contribution in [2.75, 3.05) is 0 Å². The Balaban J connectivity index is 2.37. The molecule has 1 N–H and O–H groups in total. The second kappa shape index (κ2) is 3.98. The van der Waals surface area contributed by atoms with Crippen LogP contribution in [0.1, 0.15) is 46.0 Å². The molecule has 0 heterocycles. The van der Waals surface area contributed by atoms with E-state index in [2.05, 4.69) is 36.9 Å². The monoisotopic (exact) mass is 147 g/mol. The van der Waals surface area contributed by atoms with Crippen LogP contribution in [0.2, 0.25) is 0 Å². The van der Waals surface area contributed by atoms with Gasteiger partial charge >= 0.3 is 79.2 Å². The van der Waals surface area contributed by atoms with Gasteiger partial charge in [-0.05, 0) is 0 Å². The van der Waals surface area contributed by atoms with Crippen LogP contribution in [0.15, 0.2) is 0 Å². The van der Waals surface area contributed by atoms with Gasteiger partial charge < -0.3 is 0 Å². The van der Waals surface area contributed by atoms with Gasteiger partial charge in [-0.3, -0.25) is 0 Å². The topological polar surface area (TPSA) is 12.0 Å². The fraction of sp³-hybridized carbons (Fsp3) is 1.00. The predicted molar refractivity (Wildman–Crippen MR) is 49.8 cm³/mol. The maximum atomic E-state index is 3.66. The summed E-state index contributed by atoms with van der Waals surface area (Å²) in [5.74, 6) is 0. The number of rotatable bonds is 2. The maximum absolute atomic E-state index is 3.66. The van der Waals surface area contributed by atoms with Crippen molar-refractivity contribution in [3.05, 3.63) is 0 Å². The Hall–Kier alpha value is 0.557. The van der Waals surface area contributed by atoms with Crippen molar-refractivity contribution in [1.29, 1.82) is 0 Å². The van der Waals surface area contributed by atoms with Crippen molar-refractivity contribution in [2.45, 2.75) is 56.2 Å². The third-order valence-electron chi connectivity index (χ3n) is 2.59. The molecule has 1 saturated carbocycles. The van der Waals surface area contributed by atoms with Crippen LogP contribution in [0.3, 0.4) is 0 Å². The molecule has 0 aromatic heterocycles. The van der Waals surface area contributed by atoms with Crippen LogP contribution in [-0.2, 0) is 0 Å². The molecule has 0 amide bonds. The summed E-state index contributed by atoms with van der Waals surface area (Å²) in [6.07, 6.45) is 7.00. The molecule has 1 aliphatic rings. The summed E-state index contributed by atoms with van der Waals surface area (Å²) in [6.45, 7) is 4.47. The summed E-state index contributed by atoms with van der Waals surface area (Å²) in [7, 11) is 0. The summed E-state index contributed by atoms with van der Waals surface area (Å²) in [5.41, 5.74) is 0. The summed E-state index contributed by atoms with van der Waals surface area (Å²) in [4.78, 5) is 0. The fourth-order valence-electron chi connectivity index (χ4n) is 2.17. The third-order valence-corrected chi connectivity index (χ3v) is 2.59. The van der Waals surface area contributed by atoms with Crippen molar-refractivity contribution < 1.29 is 0 Å². The van der Waals surface area contributed by atoms with E-state index in [-0.39, 0.29) is 0 Å². The molecule has 0 radical (unpaired) electrons. The number of hydrogen-bond donors (Lipinski definition) is 1. The van der Waals surface area contributed by atoms with E-state index in [9.17, 15) is 0 Å². The third kappa shape index (κ3) is 3.19. The minimum absolute atomic E-state index is 0.451. The second-order valence-corrected chi connectivity index (χ2v) is 4.42. The summed E-state index contributed by atoms with van der Waals surface area (Å²) < 4.78 is 0.451. The number of nitrogens with one attached hydrogen (secondary N) is 1. The first-order valence-corrected chi connectivity index (χ1v) is 4.90. The molecule has 0 unspecified atom stereocenters. The Morgan fingerprint density at radius 3 is 2.18 bits per heavy atom. The first kappa shape index (κ1) is 9.64. The summed E-state index contributed by atoms with van der Waals surface area (Å²) in [5, 5.41) is 3.66. The fourth-order valence-corrected chi connectivity index (χ4v) is 2.17. The van der Waals surface area contributed by atoms with E-state index in [1.165, 1.54) is 32.1 Å². The predicted octanol–water partition coefficient (Wildman–Crippen LogP) is 1.81. The number of hydrogen-bond acceptors (Lipinski definition) is 1. The van der Waals surface area contributed by atoms with Crippen LogP contribution in [0, 0.1) is 0 Å². The molecule has 11 heavy (non-hydrogen) atoms. The molecule has 0 atom stereocenters. The van der Waals surface area contributed by atoms with E-state index in [0.717, 1.165) is 0 Å². The molecule has 0 bridgehead atoms. The Morgan fingerprint density at radius 2 is 1.73 bits per heavy atom. The van der Waals surface area contributed by atoms with Gasteiger partial charge in [0.25, 0.3) is 0 Å². The quantitative estimate of drug-likeness (QED) is 0.587. The van der Waals surface area contributed by atoms with Gasteiger partial charge in [-0.1, -0.05) is 0 Å². The van der Waals surface area contributed by atoms with Gasteiger partial charge in [-0.15, -0.1) is 0 Å². The Kier molecular flexibility index (Phi) is 3.49. The van der Waals surface area contributed by atoms with Crippen molar-refractivity contribution >= 4 is 17.7 Å². The zero-order valence-electron chi connectivity index (χ0n) is 8.11. The average molecular weight is 147 g/mol. The van der Waals surface area contributed by atoms with Gasteiger partial charge in [0.15, 0.2) is 0 Å². The van der Waals surface area contributed by atoms with Crippen LogP contribution in [0.5, 0.6) is 0 Å². The molecule has 60 valence electrons. The molecule has 0 aromatic carbocycles. The minimum atomic E-state index is 0.451. The van der Waals surface area contributed by atoms with E-state index >= 15 is 0 Å². The van der Waals surface area contributed by atoms with Crippen molar-refractivity contribution in [3.63, 3.8) is 0 Å². The molecule has 0 saturated heterocycles. The van der Waals surface area contributed by atoms with Crippen LogP contribution >= 0.6 is 0 Å². The van der Waals surface area contributed by atoms with Gasteiger partial charge in [0.2, 0.25) is 0 Å². The van der Waals surface area contributed by atoms with Gasteiger partial charge in [-0.2, -0.15) is 0 Å². The van der Waals surface area contributed by atoms with Crippen molar-refractivity contribution in [3.8, 4) is 0 Å². The molecule has 1 aliphatic carbocycles. The van der Waals surface area contributed by atoms with Crippen molar-refractivity contribution in [2.24, 2.45) is 0 Å². The second-order valence-electron chi connectivity index (χ2n) is 4.42. The molecule has 1 rings (SSSR count). The molecule has 1 fully saturated rings. The van der Waals surface area contributed by atoms with E-state index in [0.29, 0.717) is 10.3 Å². The molecular weight excluding hydrogens is 129 g/mol. The average Bonchev–Trinajstić information content (AvgIpc) is 1.85. The molecule has 2 heteroatoms. The molecule has 0 aliphatic heterocycles. The standard InChI is InChI=1S/C9H18N.Li/c1-8(2)10-9-6-4-3-5-7-9;/h8,10H,3-7H2,1-2H3;. The molecule has 0 aromatic rings. The van der Waals surface area contributed by atoms with Crippen LogP contribution < -0.4 is 5.32 Å². The molecule has 0 spiro atoms. The van der Waals surface area contributed by atoms with Crippen LogP contribution in [-0.4, -0.2) is 28.0 Å². The SMILES string of the molecule is [Li][C]1(NC(C)C)CCCCC1.